The molecule has 0 bridgehead atoms. The molecule has 6 nitrogen and oxygen atoms in total. The third-order valence-corrected chi connectivity index (χ3v) is 7.80. The summed E-state index contributed by atoms with van der Waals surface area (Å²) in [5.41, 5.74) is 5.61. The number of nitrogens with zero attached hydrogens (tertiary/aromatic N) is 3. The molecule has 0 radical (unpaired) electrons. The lowest BCUT2D eigenvalue weighted by Gasteiger charge is -2.40. The highest BCUT2D eigenvalue weighted by atomic mass is 16.1. The predicted octanol–water partition coefficient (Wildman–Crippen LogP) is 4.09. The number of aryl methyl sites for hydroxylation is 1. The van der Waals surface area contributed by atoms with Gasteiger partial charge in [-0.2, -0.15) is 5.10 Å². The molecule has 1 fully saturated rings. The summed E-state index contributed by atoms with van der Waals surface area (Å²) in [6, 6.07) is 15.3. The first-order valence-electron chi connectivity index (χ1n) is 12.7. The largest absolute Gasteiger partial charge is 0.347 e. The molecule has 1 atom stereocenters. The summed E-state index contributed by atoms with van der Waals surface area (Å²) >= 11 is 0. The summed E-state index contributed by atoms with van der Waals surface area (Å²) in [7, 11) is 1.96. The molecule has 6 heteroatoms. The van der Waals surface area contributed by atoms with E-state index < -0.39 is 0 Å². The first-order valence-corrected chi connectivity index (χ1v) is 12.7. The van der Waals surface area contributed by atoms with Crippen LogP contribution in [-0.4, -0.2) is 33.3 Å². The second kappa shape index (κ2) is 10.1. The van der Waals surface area contributed by atoms with E-state index in [-0.39, 0.29) is 11.3 Å². The maximum Gasteiger partial charge on any atom is 0.272 e. The minimum absolute atomic E-state index is 0.0950. The summed E-state index contributed by atoms with van der Waals surface area (Å²) in [6.07, 6.45) is 12.8. The molecule has 1 amide bonds. The highest BCUT2D eigenvalue weighted by Crippen LogP contribution is 2.39. The van der Waals surface area contributed by atoms with Crippen LogP contribution in [0.25, 0.3) is 0 Å². The molecule has 0 saturated heterocycles. The molecule has 2 N–H and O–H groups in total. The number of hydrogen-bond acceptors (Lipinski definition) is 4. The molecular formula is C28H35N5O. The van der Waals surface area contributed by atoms with Crippen molar-refractivity contribution in [2.24, 2.45) is 7.05 Å². The van der Waals surface area contributed by atoms with Gasteiger partial charge >= 0.3 is 0 Å². The molecule has 178 valence electrons. The van der Waals surface area contributed by atoms with Crippen molar-refractivity contribution in [3.05, 3.63) is 82.9 Å². The number of nitrogens with one attached hydrogen (secondary N) is 2. The van der Waals surface area contributed by atoms with Gasteiger partial charge in [-0.25, -0.2) is 0 Å². The zero-order chi connectivity index (χ0) is 23.4. The number of fused-ring (bicyclic) bond motifs is 1. The molecule has 2 aliphatic rings. The number of carbonyl (C=O) groups excluding carboxylic acids is 1. The van der Waals surface area contributed by atoms with Gasteiger partial charge in [-0.3, -0.25) is 14.5 Å². The fourth-order valence-electron chi connectivity index (χ4n) is 5.84. The molecular weight excluding hydrogens is 422 g/mol. The van der Waals surface area contributed by atoms with Gasteiger partial charge in [0.15, 0.2) is 5.69 Å². The molecule has 2 aromatic heterocycles. The molecule has 2 aliphatic carbocycles. The van der Waals surface area contributed by atoms with Crippen LogP contribution in [0.15, 0.2) is 54.9 Å². The number of rotatable bonds is 7. The lowest BCUT2D eigenvalue weighted by molar-refractivity contribution is 0.0944. The third kappa shape index (κ3) is 4.78. The average Bonchev–Trinajstić information content (AvgIpc) is 3.23. The van der Waals surface area contributed by atoms with Crippen LogP contribution in [0.3, 0.4) is 0 Å². The number of carbonyl (C=O) groups is 1. The fraction of sp³-hybridized carbons (Fsp3) is 0.464. The van der Waals surface area contributed by atoms with Gasteiger partial charge in [0.05, 0.1) is 0 Å². The van der Waals surface area contributed by atoms with Crippen LogP contribution in [0.5, 0.6) is 0 Å². The van der Waals surface area contributed by atoms with E-state index in [9.17, 15) is 4.79 Å². The van der Waals surface area contributed by atoms with Gasteiger partial charge in [-0.05, 0) is 55.4 Å². The number of pyridine rings is 1. The number of benzene rings is 1. The van der Waals surface area contributed by atoms with Crippen molar-refractivity contribution in [2.75, 3.05) is 6.54 Å². The molecule has 0 aliphatic heterocycles. The topological polar surface area (TPSA) is 71.8 Å². The molecule has 3 aromatic rings. The van der Waals surface area contributed by atoms with Crippen LogP contribution in [0.1, 0.15) is 71.4 Å². The predicted molar refractivity (Wildman–Crippen MR) is 134 cm³/mol. The van der Waals surface area contributed by atoms with Crippen LogP contribution in [0.2, 0.25) is 0 Å². The third-order valence-electron chi connectivity index (χ3n) is 7.80. The van der Waals surface area contributed by atoms with Gasteiger partial charge in [0, 0.05) is 55.2 Å². The lowest BCUT2D eigenvalue weighted by Crippen LogP contribution is -2.45. The van der Waals surface area contributed by atoms with Crippen LogP contribution < -0.4 is 10.6 Å². The van der Waals surface area contributed by atoms with E-state index in [0.717, 1.165) is 36.9 Å². The van der Waals surface area contributed by atoms with Crippen molar-refractivity contribution in [3.63, 3.8) is 0 Å². The molecule has 1 aromatic carbocycles. The maximum atomic E-state index is 13.0. The minimum atomic E-state index is -0.0950. The monoisotopic (exact) mass is 457 g/mol. The standard InChI is InChI=1S/C28H35N5O/c1-33-25-11-10-23(31-20-28(14-6-3-7-15-28)22-8-4-2-5-9-22)18-24(25)26(32-33)27(34)30-19-21-12-16-29-17-13-21/h2,4-5,8-9,12-13,16-17,23,31H,3,6-7,10-11,14-15,18-20H2,1H3,(H,30,34)/t23-/m1/s1. The molecule has 1 saturated carbocycles. The second-order valence-electron chi connectivity index (χ2n) is 9.96. The Morgan fingerprint density at radius 3 is 2.62 bits per heavy atom. The normalized spacial score (nSPS) is 19.4. The van der Waals surface area contributed by atoms with Crippen LogP contribution >= 0.6 is 0 Å². The minimum Gasteiger partial charge on any atom is -0.347 e. The molecule has 34 heavy (non-hydrogen) atoms. The van der Waals surface area contributed by atoms with E-state index in [1.807, 2.05) is 23.9 Å². The first-order chi connectivity index (χ1) is 16.6. The van der Waals surface area contributed by atoms with Gasteiger partial charge in [0.1, 0.15) is 0 Å². The summed E-state index contributed by atoms with van der Waals surface area (Å²) in [5, 5.41) is 11.6. The van der Waals surface area contributed by atoms with Gasteiger partial charge in [-0.15, -0.1) is 0 Å². The van der Waals surface area contributed by atoms with E-state index >= 15 is 0 Å². The maximum absolute atomic E-state index is 13.0. The lowest BCUT2D eigenvalue weighted by atomic mass is 9.69. The summed E-state index contributed by atoms with van der Waals surface area (Å²) in [5.74, 6) is -0.0950. The van der Waals surface area contributed by atoms with Gasteiger partial charge < -0.3 is 10.6 Å². The number of aromatic nitrogens is 3. The number of amides is 1. The zero-order valence-corrected chi connectivity index (χ0v) is 20.1. The van der Waals surface area contributed by atoms with Crippen LogP contribution in [0.4, 0.5) is 0 Å². The average molecular weight is 458 g/mol. The summed E-state index contributed by atoms with van der Waals surface area (Å²) in [4.78, 5) is 17.1. The second-order valence-corrected chi connectivity index (χ2v) is 9.96. The van der Waals surface area contributed by atoms with Crippen molar-refractivity contribution in [1.82, 2.24) is 25.4 Å². The fourth-order valence-corrected chi connectivity index (χ4v) is 5.84. The van der Waals surface area contributed by atoms with Crippen molar-refractivity contribution < 1.29 is 4.79 Å². The van der Waals surface area contributed by atoms with Gasteiger partial charge in [0.2, 0.25) is 0 Å². The van der Waals surface area contributed by atoms with Crippen LogP contribution in [0, 0.1) is 0 Å². The van der Waals surface area contributed by atoms with Gasteiger partial charge in [0.25, 0.3) is 5.91 Å². The van der Waals surface area contributed by atoms with Gasteiger partial charge in [-0.1, -0.05) is 49.6 Å². The Morgan fingerprint density at radius 1 is 1.09 bits per heavy atom. The zero-order valence-electron chi connectivity index (χ0n) is 20.1. The summed E-state index contributed by atoms with van der Waals surface area (Å²) in [6.45, 7) is 1.48. The molecule has 2 heterocycles. The number of hydrogen-bond donors (Lipinski definition) is 2. The van der Waals surface area contributed by atoms with Crippen molar-refractivity contribution in [1.29, 1.82) is 0 Å². The van der Waals surface area contributed by atoms with Crippen LogP contribution in [-0.2, 0) is 31.8 Å². The van der Waals surface area contributed by atoms with Crippen molar-refractivity contribution in [2.45, 2.75) is 69.4 Å². The Balaban J connectivity index is 1.27. The molecule has 0 spiro atoms. The highest BCUT2D eigenvalue weighted by Gasteiger charge is 2.35. The quantitative estimate of drug-likeness (QED) is 0.561. The smallest absolute Gasteiger partial charge is 0.272 e. The van der Waals surface area contributed by atoms with E-state index in [1.165, 1.54) is 43.4 Å². The first kappa shape index (κ1) is 22.8. The SMILES string of the molecule is Cn1nc(C(=O)NCc2ccncc2)c2c1CC[C@@H](NCC1(c3ccccc3)CCCCC1)C2. The Hall–Kier alpha value is -2.99. The Morgan fingerprint density at radius 2 is 1.85 bits per heavy atom. The van der Waals surface area contributed by atoms with E-state index in [0.29, 0.717) is 18.3 Å². The van der Waals surface area contributed by atoms with Crippen molar-refractivity contribution >= 4 is 5.91 Å². The van der Waals surface area contributed by atoms with E-state index in [4.69, 9.17) is 0 Å². The van der Waals surface area contributed by atoms with E-state index in [2.05, 4.69) is 51.0 Å². The summed E-state index contributed by atoms with van der Waals surface area (Å²) < 4.78 is 1.90. The Kier molecular flexibility index (Phi) is 6.77. The van der Waals surface area contributed by atoms with E-state index in [1.54, 1.807) is 12.4 Å². The Bertz CT molecular complexity index is 1100. The molecule has 0 unspecified atom stereocenters. The Labute approximate surface area is 202 Å². The molecule has 5 rings (SSSR count). The highest BCUT2D eigenvalue weighted by molar-refractivity contribution is 5.94. The van der Waals surface area contributed by atoms with Crippen molar-refractivity contribution in [3.8, 4) is 0 Å².